The van der Waals surface area contributed by atoms with E-state index in [1.165, 1.54) is 16.7 Å². The van der Waals surface area contributed by atoms with Gasteiger partial charge in [0.05, 0.1) is 7.11 Å². The summed E-state index contributed by atoms with van der Waals surface area (Å²) in [5.74, 6) is -0.597. The molecule has 152 valence electrons. The van der Waals surface area contributed by atoms with E-state index in [-0.39, 0.29) is 17.0 Å². The van der Waals surface area contributed by atoms with Gasteiger partial charge in [0, 0.05) is 30.0 Å². The summed E-state index contributed by atoms with van der Waals surface area (Å²) in [5.41, 5.74) is 7.63. The third kappa shape index (κ3) is 3.30. The number of allylic oxidation sites excluding steroid dienone is 1. The molecule has 0 unspecified atom stereocenters. The summed E-state index contributed by atoms with van der Waals surface area (Å²) < 4.78 is 5.35. The van der Waals surface area contributed by atoms with Gasteiger partial charge in [-0.3, -0.25) is 14.5 Å². The van der Waals surface area contributed by atoms with Crippen LogP contribution in [0.4, 0.5) is 0 Å². The van der Waals surface area contributed by atoms with Gasteiger partial charge in [-0.1, -0.05) is 18.2 Å². The molecule has 0 aromatic heterocycles. The van der Waals surface area contributed by atoms with Crippen LogP contribution in [0.25, 0.3) is 0 Å². The fourth-order valence-electron chi connectivity index (χ4n) is 3.85. The van der Waals surface area contributed by atoms with Crippen molar-refractivity contribution in [3.63, 3.8) is 0 Å². The van der Waals surface area contributed by atoms with Gasteiger partial charge in [-0.15, -0.1) is 11.8 Å². The Morgan fingerprint density at radius 1 is 1.38 bits per heavy atom. The van der Waals surface area contributed by atoms with Crippen molar-refractivity contribution < 1.29 is 24.2 Å². The number of hydrogen-bond donors (Lipinski definition) is 2. The molecule has 2 fully saturated rings. The third-order valence-electron chi connectivity index (χ3n) is 5.36. The second-order valence-electron chi connectivity index (χ2n) is 7.07. The van der Waals surface area contributed by atoms with Crippen molar-refractivity contribution in [1.29, 1.82) is 0 Å². The number of benzene rings is 1. The lowest BCUT2D eigenvalue weighted by Crippen LogP contribution is -2.68. The minimum absolute atomic E-state index is 0.0658. The zero-order valence-electron chi connectivity index (χ0n) is 15.8. The van der Waals surface area contributed by atoms with Crippen LogP contribution in [0.3, 0.4) is 0 Å². The molecule has 1 aromatic carbocycles. The molecule has 9 heteroatoms. The highest BCUT2D eigenvalue weighted by Gasteiger charge is 2.51. The predicted octanol–water partition coefficient (Wildman–Crippen LogP) is 0.935. The van der Waals surface area contributed by atoms with Crippen LogP contribution in [-0.4, -0.2) is 63.5 Å². The number of rotatable bonds is 5. The number of carbonyl (C=O) groups is 3. The largest absolute Gasteiger partial charge is 0.496 e. The van der Waals surface area contributed by atoms with Crippen LogP contribution < -0.4 is 10.5 Å². The maximum atomic E-state index is 12.9. The quantitative estimate of drug-likeness (QED) is 0.543. The van der Waals surface area contributed by atoms with Crippen LogP contribution in [-0.2, 0) is 20.9 Å². The number of likely N-dealkylation sites (tertiary alicyclic amines) is 1. The number of carbonyl (C=O) groups excluding carboxylic acids is 2. The monoisotopic (exact) mass is 415 g/mol. The minimum atomic E-state index is -1.18. The maximum absolute atomic E-state index is 12.9. The molecule has 3 heterocycles. The van der Waals surface area contributed by atoms with Crippen LogP contribution >= 0.6 is 11.8 Å². The first-order valence-electron chi connectivity index (χ1n) is 9.20. The van der Waals surface area contributed by atoms with Gasteiger partial charge in [0.1, 0.15) is 22.9 Å². The smallest absolute Gasteiger partial charge is 0.352 e. The Hall–Kier alpha value is -2.78. The Kier molecular flexibility index (Phi) is 5.10. The van der Waals surface area contributed by atoms with E-state index >= 15 is 0 Å². The van der Waals surface area contributed by atoms with E-state index in [0.717, 1.165) is 11.3 Å². The molecule has 1 aromatic rings. The Morgan fingerprint density at radius 3 is 2.86 bits per heavy atom. The summed E-state index contributed by atoms with van der Waals surface area (Å²) in [6.45, 7) is 0.961. The zero-order chi connectivity index (χ0) is 20.7. The molecule has 4 rings (SSSR count). The molecule has 2 saturated heterocycles. The van der Waals surface area contributed by atoms with Gasteiger partial charge in [-0.05, 0) is 24.1 Å². The second kappa shape index (κ2) is 7.57. The highest BCUT2D eigenvalue weighted by Crippen LogP contribution is 2.40. The average Bonchev–Trinajstić information content (AvgIpc) is 3.06. The molecular weight excluding hydrogens is 394 g/mol. The molecule has 29 heavy (non-hydrogen) atoms. The van der Waals surface area contributed by atoms with E-state index in [1.54, 1.807) is 18.1 Å². The fraction of sp³-hybridized carbons (Fsp3) is 0.350. The lowest BCUT2D eigenvalue weighted by molar-refractivity contribution is -0.147. The molecule has 2 amide bonds. The first-order chi connectivity index (χ1) is 13.9. The van der Waals surface area contributed by atoms with Crippen molar-refractivity contribution in [3.05, 3.63) is 52.7 Å². The standard InChI is InChI=1S/C20H21N3O5S/c1-28-14-5-3-2-4-12(14)9-22-7-6-11(17(22)24)8-13-10-29-19-15(21)18(25)23(19)16(13)20(26)27/h2-5,8,15,19H,6-7,9-10,21H2,1H3,(H,26,27)/b11-8+/t15-,19-/m1/s1. The number of amides is 2. The number of carboxylic acid groups (broad SMARTS) is 1. The number of fused-ring (bicyclic) bond motifs is 1. The number of nitrogens with zero attached hydrogens (tertiary/aromatic N) is 2. The molecule has 0 aliphatic carbocycles. The highest BCUT2D eigenvalue weighted by molar-refractivity contribution is 8.00. The van der Waals surface area contributed by atoms with Crippen molar-refractivity contribution >= 4 is 29.5 Å². The lowest BCUT2D eigenvalue weighted by Gasteiger charge is -2.47. The number of ether oxygens (including phenoxy) is 1. The van der Waals surface area contributed by atoms with E-state index in [9.17, 15) is 19.5 Å². The van der Waals surface area contributed by atoms with Crippen molar-refractivity contribution in [1.82, 2.24) is 9.80 Å². The first kappa shape index (κ1) is 19.5. The van der Waals surface area contributed by atoms with Gasteiger partial charge in [0.2, 0.25) is 11.8 Å². The Morgan fingerprint density at radius 2 is 2.14 bits per heavy atom. The SMILES string of the molecule is COc1ccccc1CN1CC/C(=C\C2=C(C(=O)O)N3C(=O)[C@@H](N)[C@H]3SC2)C1=O. The first-order valence-corrected chi connectivity index (χ1v) is 10.3. The van der Waals surface area contributed by atoms with E-state index in [4.69, 9.17) is 10.5 Å². The third-order valence-corrected chi connectivity index (χ3v) is 6.68. The molecule has 3 aliphatic heterocycles. The molecule has 0 spiro atoms. The maximum Gasteiger partial charge on any atom is 0.352 e. The average molecular weight is 415 g/mol. The van der Waals surface area contributed by atoms with E-state index in [2.05, 4.69) is 0 Å². The van der Waals surface area contributed by atoms with E-state index < -0.39 is 17.9 Å². The minimum Gasteiger partial charge on any atom is -0.496 e. The van der Waals surface area contributed by atoms with E-state index in [0.29, 0.717) is 36.4 Å². The number of hydrogen-bond acceptors (Lipinski definition) is 6. The number of aliphatic carboxylic acids is 1. The summed E-state index contributed by atoms with van der Waals surface area (Å²) in [5, 5.41) is 9.29. The van der Waals surface area contributed by atoms with Gasteiger partial charge in [0.15, 0.2) is 0 Å². The normalized spacial score (nSPS) is 25.4. The van der Waals surface area contributed by atoms with E-state index in [1.807, 2.05) is 24.3 Å². The fourth-order valence-corrected chi connectivity index (χ4v) is 5.10. The van der Waals surface area contributed by atoms with Gasteiger partial charge < -0.3 is 20.5 Å². The summed E-state index contributed by atoms with van der Waals surface area (Å²) in [6.07, 6.45) is 2.15. The van der Waals surface area contributed by atoms with Crippen LogP contribution in [0.1, 0.15) is 12.0 Å². The number of β-lactam (4-membered cyclic amide) rings is 1. The van der Waals surface area contributed by atoms with Gasteiger partial charge in [0.25, 0.3) is 0 Å². The number of nitrogens with two attached hydrogens (primary N) is 1. The molecule has 0 saturated carbocycles. The summed E-state index contributed by atoms with van der Waals surface area (Å²) in [7, 11) is 1.59. The number of methoxy groups -OCH3 is 1. The Balaban J connectivity index is 1.58. The van der Waals surface area contributed by atoms with Gasteiger partial charge in [-0.2, -0.15) is 0 Å². The van der Waals surface area contributed by atoms with Crippen LogP contribution in [0.15, 0.2) is 47.2 Å². The lowest BCUT2D eigenvalue weighted by atomic mass is 10.0. The molecule has 8 nitrogen and oxygen atoms in total. The van der Waals surface area contributed by atoms with Crippen LogP contribution in [0.2, 0.25) is 0 Å². The topological polar surface area (TPSA) is 113 Å². The Bertz CT molecular complexity index is 957. The Labute approximate surface area is 172 Å². The van der Waals surface area contributed by atoms with Crippen LogP contribution in [0, 0.1) is 0 Å². The van der Waals surface area contributed by atoms with Gasteiger partial charge in [-0.25, -0.2) is 4.79 Å². The van der Waals surface area contributed by atoms with Crippen molar-refractivity contribution in [2.45, 2.75) is 24.4 Å². The molecular formula is C20H21N3O5S. The molecule has 3 aliphatic rings. The summed E-state index contributed by atoms with van der Waals surface area (Å²) >= 11 is 1.42. The zero-order valence-corrected chi connectivity index (χ0v) is 16.6. The van der Waals surface area contributed by atoms with Crippen molar-refractivity contribution in [2.24, 2.45) is 5.73 Å². The predicted molar refractivity (Wildman–Crippen MR) is 107 cm³/mol. The molecule has 0 radical (unpaired) electrons. The van der Waals surface area contributed by atoms with Crippen molar-refractivity contribution in [3.8, 4) is 5.75 Å². The summed E-state index contributed by atoms with van der Waals surface area (Å²) in [6, 6.07) is 6.85. The number of carboxylic acids is 1. The molecule has 0 bridgehead atoms. The second-order valence-corrected chi connectivity index (χ2v) is 8.18. The number of thioether (sulfide) groups is 1. The van der Waals surface area contributed by atoms with Gasteiger partial charge >= 0.3 is 5.97 Å². The summed E-state index contributed by atoms with van der Waals surface area (Å²) in [4.78, 5) is 39.7. The molecule has 2 atom stereocenters. The number of para-hydroxylation sites is 1. The van der Waals surface area contributed by atoms with Crippen LogP contribution in [0.5, 0.6) is 5.75 Å². The van der Waals surface area contributed by atoms with Crippen molar-refractivity contribution in [2.75, 3.05) is 19.4 Å². The molecule has 3 N–H and O–H groups in total. The highest BCUT2D eigenvalue weighted by atomic mass is 32.2.